The number of carbonyl (C=O) groups is 1. The summed E-state index contributed by atoms with van der Waals surface area (Å²) in [7, 11) is 0. The van der Waals surface area contributed by atoms with E-state index < -0.39 is 17.7 Å². The highest BCUT2D eigenvalue weighted by Gasteiger charge is 2.32. The van der Waals surface area contributed by atoms with Crippen LogP contribution in [-0.4, -0.2) is 17.3 Å². The van der Waals surface area contributed by atoms with E-state index in [9.17, 15) is 18.0 Å². The van der Waals surface area contributed by atoms with E-state index in [1.165, 1.54) is 6.92 Å². The third-order valence-electron chi connectivity index (χ3n) is 1.04. The van der Waals surface area contributed by atoms with E-state index >= 15 is 0 Å². The van der Waals surface area contributed by atoms with Gasteiger partial charge >= 0.3 is 12.1 Å². The van der Waals surface area contributed by atoms with Crippen molar-refractivity contribution in [1.82, 2.24) is 0 Å². The van der Waals surface area contributed by atoms with Gasteiger partial charge in [0.25, 0.3) is 0 Å². The average Bonchev–Trinajstić information content (AvgIpc) is 1.79. The Labute approximate surface area is 61.3 Å². The number of allylic oxidation sites excluding steroid dienone is 1. The Morgan fingerprint density at radius 3 is 2.09 bits per heavy atom. The summed E-state index contributed by atoms with van der Waals surface area (Å²) in [5.41, 5.74) is -1.02. The molecular weight excluding hydrogens is 161 g/mol. The monoisotopic (exact) mass is 168 g/mol. The number of hydrogen-bond donors (Lipinski definition) is 1. The molecule has 1 N–H and O–H groups in total. The molecule has 0 amide bonds. The minimum Gasteiger partial charge on any atom is -0.478 e. The van der Waals surface area contributed by atoms with E-state index in [0.29, 0.717) is 0 Å². The van der Waals surface area contributed by atoms with Crippen LogP contribution >= 0.6 is 0 Å². The predicted molar refractivity (Wildman–Crippen MR) is 32.1 cm³/mol. The molecule has 5 heteroatoms. The number of hydrogen-bond acceptors (Lipinski definition) is 1. The lowest BCUT2D eigenvalue weighted by Gasteiger charge is -2.07. The molecule has 11 heavy (non-hydrogen) atoms. The quantitative estimate of drug-likeness (QED) is 0.640. The molecule has 0 aromatic carbocycles. The molecule has 0 aliphatic rings. The largest absolute Gasteiger partial charge is 0.478 e. The second-order valence-electron chi connectivity index (χ2n) is 1.86. The van der Waals surface area contributed by atoms with Gasteiger partial charge in [-0.15, -0.1) is 0 Å². The zero-order valence-electron chi connectivity index (χ0n) is 5.77. The third kappa shape index (κ3) is 3.64. The second-order valence-corrected chi connectivity index (χ2v) is 1.86. The molecule has 0 aliphatic carbocycles. The van der Waals surface area contributed by atoms with Crippen molar-refractivity contribution in [2.75, 3.05) is 0 Å². The van der Waals surface area contributed by atoms with Crippen LogP contribution in [0.25, 0.3) is 0 Å². The Hall–Kier alpha value is -1.00. The summed E-state index contributed by atoms with van der Waals surface area (Å²) >= 11 is 0. The Morgan fingerprint density at radius 1 is 1.55 bits per heavy atom. The zero-order chi connectivity index (χ0) is 9.07. The van der Waals surface area contributed by atoms with E-state index in [0.717, 1.165) is 0 Å². The maximum absolute atomic E-state index is 11.7. The van der Waals surface area contributed by atoms with Gasteiger partial charge in [0.1, 0.15) is 0 Å². The summed E-state index contributed by atoms with van der Waals surface area (Å²) in [6.45, 7) is 1.25. The third-order valence-corrected chi connectivity index (χ3v) is 1.04. The zero-order valence-corrected chi connectivity index (χ0v) is 5.77. The first-order valence-corrected chi connectivity index (χ1v) is 2.88. The Morgan fingerprint density at radius 2 is 2.00 bits per heavy atom. The highest BCUT2D eigenvalue weighted by Crippen LogP contribution is 2.27. The van der Waals surface area contributed by atoms with Gasteiger partial charge in [-0.1, -0.05) is 6.92 Å². The van der Waals surface area contributed by atoms with E-state index in [1.807, 2.05) is 0 Å². The molecule has 0 saturated heterocycles. The summed E-state index contributed by atoms with van der Waals surface area (Å²) in [4.78, 5) is 9.84. The first-order valence-electron chi connectivity index (χ1n) is 2.88. The molecule has 0 atom stereocenters. The summed E-state index contributed by atoms with van der Waals surface area (Å²) in [5.74, 6) is -1.57. The fourth-order valence-electron chi connectivity index (χ4n) is 0.533. The van der Waals surface area contributed by atoms with Crippen LogP contribution < -0.4 is 0 Å². The summed E-state index contributed by atoms with van der Waals surface area (Å²) < 4.78 is 35.2. The highest BCUT2D eigenvalue weighted by molar-refractivity contribution is 5.80. The molecule has 0 aromatic rings. The molecule has 0 bridgehead atoms. The van der Waals surface area contributed by atoms with Gasteiger partial charge in [-0.25, -0.2) is 4.79 Å². The summed E-state index contributed by atoms with van der Waals surface area (Å²) in [5, 5.41) is 8.00. The minimum absolute atomic E-state index is 0.181. The van der Waals surface area contributed by atoms with Crippen molar-refractivity contribution in [2.24, 2.45) is 0 Å². The van der Waals surface area contributed by atoms with E-state index in [1.54, 1.807) is 0 Å². The molecule has 0 unspecified atom stereocenters. The minimum atomic E-state index is -4.52. The van der Waals surface area contributed by atoms with Crippen LogP contribution in [0.1, 0.15) is 13.3 Å². The van der Waals surface area contributed by atoms with Crippen LogP contribution in [-0.2, 0) is 4.79 Å². The van der Waals surface area contributed by atoms with Crippen LogP contribution in [0.15, 0.2) is 11.6 Å². The first kappa shape index (κ1) is 10.0. The van der Waals surface area contributed by atoms with Gasteiger partial charge < -0.3 is 5.11 Å². The van der Waals surface area contributed by atoms with Crippen LogP contribution in [0.3, 0.4) is 0 Å². The SMILES string of the molecule is CC/C(=C\C(=O)O)C(F)(F)F. The van der Waals surface area contributed by atoms with Gasteiger partial charge in [0.05, 0.1) is 0 Å². The number of carboxylic acid groups (broad SMARTS) is 1. The standard InChI is InChI=1S/C6H7F3O2/c1-2-4(3-5(10)11)6(7,8)9/h3H,2H2,1H3,(H,10,11)/b4-3+. The fraction of sp³-hybridized carbons (Fsp3) is 0.500. The van der Waals surface area contributed by atoms with Gasteiger partial charge in [-0.2, -0.15) is 13.2 Å². The molecule has 0 fully saturated rings. The fourth-order valence-corrected chi connectivity index (χ4v) is 0.533. The predicted octanol–water partition coefficient (Wildman–Crippen LogP) is 1.97. The van der Waals surface area contributed by atoms with Crippen molar-refractivity contribution in [1.29, 1.82) is 0 Å². The maximum atomic E-state index is 11.7. The molecule has 0 aliphatic heterocycles. The molecule has 64 valence electrons. The van der Waals surface area contributed by atoms with Crippen molar-refractivity contribution < 1.29 is 23.1 Å². The molecule has 0 radical (unpaired) electrons. The topological polar surface area (TPSA) is 37.3 Å². The first-order chi connectivity index (χ1) is 4.88. The number of carboxylic acids is 1. The van der Waals surface area contributed by atoms with Gasteiger partial charge in [-0.05, 0) is 6.42 Å². The molecule has 0 saturated carbocycles. The molecule has 0 rings (SSSR count). The van der Waals surface area contributed by atoms with Crippen molar-refractivity contribution in [3.8, 4) is 0 Å². The van der Waals surface area contributed by atoms with Gasteiger partial charge in [0, 0.05) is 11.6 Å². The summed E-state index contributed by atoms with van der Waals surface area (Å²) in [6.07, 6.45) is -4.66. The van der Waals surface area contributed by atoms with Crippen LogP contribution in [0.4, 0.5) is 13.2 Å². The average molecular weight is 168 g/mol. The lowest BCUT2D eigenvalue weighted by Crippen LogP contribution is -2.12. The molecule has 2 nitrogen and oxygen atoms in total. The molecule has 0 heterocycles. The number of aliphatic carboxylic acids is 1. The van der Waals surface area contributed by atoms with Crippen LogP contribution in [0.2, 0.25) is 0 Å². The smallest absolute Gasteiger partial charge is 0.412 e. The van der Waals surface area contributed by atoms with E-state index in [4.69, 9.17) is 5.11 Å². The number of rotatable bonds is 2. The Kier molecular flexibility index (Phi) is 3.10. The lowest BCUT2D eigenvalue weighted by molar-refractivity contribution is -0.132. The van der Waals surface area contributed by atoms with Crippen molar-refractivity contribution in [2.45, 2.75) is 19.5 Å². The lowest BCUT2D eigenvalue weighted by atomic mass is 10.2. The van der Waals surface area contributed by atoms with Crippen molar-refractivity contribution >= 4 is 5.97 Å². The van der Waals surface area contributed by atoms with E-state index in [2.05, 4.69) is 0 Å². The Balaban J connectivity index is 4.54. The van der Waals surface area contributed by atoms with Gasteiger partial charge in [0.2, 0.25) is 0 Å². The highest BCUT2D eigenvalue weighted by atomic mass is 19.4. The maximum Gasteiger partial charge on any atom is 0.412 e. The molecular formula is C6H7F3O2. The molecule has 0 spiro atoms. The number of halogens is 3. The van der Waals surface area contributed by atoms with Crippen molar-refractivity contribution in [3.05, 3.63) is 11.6 Å². The normalized spacial score (nSPS) is 13.3. The summed E-state index contributed by atoms with van der Waals surface area (Å²) in [6, 6.07) is 0. The van der Waals surface area contributed by atoms with Gasteiger partial charge in [0.15, 0.2) is 0 Å². The van der Waals surface area contributed by atoms with E-state index in [-0.39, 0.29) is 12.5 Å². The molecule has 0 aromatic heterocycles. The van der Waals surface area contributed by atoms with Gasteiger partial charge in [-0.3, -0.25) is 0 Å². The number of alkyl halides is 3. The van der Waals surface area contributed by atoms with Crippen LogP contribution in [0, 0.1) is 0 Å². The van der Waals surface area contributed by atoms with Crippen LogP contribution in [0.5, 0.6) is 0 Å². The van der Waals surface area contributed by atoms with Crippen molar-refractivity contribution in [3.63, 3.8) is 0 Å². The Bertz CT molecular complexity index is 181. The second kappa shape index (κ2) is 3.41.